The molecular formula is C20H15F3N4O3. The number of ether oxygens (including phenoxy) is 1. The molecular weight excluding hydrogens is 401 g/mol. The Hall–Kier alpha value is -3.82. The van der Waals surface area contributed by atoms with E-state index in [0.717, 1.165) is 17.7 Å². The maximum Gasteiger partial charge on any atom is 0.573 e. The van der Waals surface area contributed by atoms with Gasteiger partial charge >= 0.3 is 6.36 Å². The number of amides is 1. The summed E-state index contributed by atoms with van der Waals surface area (Å²) in [4.78, 5) is 30.0. The van der Waals surface area contributed by atoms with Crippen molar-refractivity contribution in [1.29, 1.82) is 0 Å². The van der Waals surface area contributed by atoms with Crippen LogP contribution in [-0.2, 0) is 7.05 Å². The van der Waals surface area contributed by atoms with Crippen LogP contribution in [0.1, 0.15) is 16.1 Å². The predicted molar refractivity (Wildman–Crippen MR) is 104 cm³/mol. The number of rotatable bonds is 3. The molecule has 3 aromatic heterocycles. The number of aryl methyl sites for hydroxylation is 2. The van der Waals surface area contributed by atoms with Crippen molar-refractivity contribution in [3.63, 3.8) is 0 Å². The van der Waals surface area contributed by atoms with E-state index in [1.54, 1.807) is 19.3 Å². The van der Waals surface area contributed by atoms with Crippen molar-refractivity contribution in [2.24, 2.45) is 7.05 Å². The Balaban J connectivity index is 1.68. The first-order valence-electron chi connectivity index (χ1n) is 8.78. The van der Waals surface area contributed by atoms with Crippen molar-refractivity contribution in [3.8, 4) is 5.75 Å². The van der Waals surface area contributed by atoms with Crippen molar-refractivity contribution in [2.45, 2.75) is 13.3 Å². The second-order valence-corrected chi connectivity index (χ2v) is 6.65. The predicted octanol–water partition coefficient (Wildman–Crippen LogP) is 3.65. The molecule has 0 saturated heterocycles. The number of nitrogens with zero attached hydrogens (tertiary/aromatic N) is 3. The van der Waals surface area contributed by atoms with Crippen LogP contribution >= 0.6 is 0 Å². The zero-order chi connectivity index (χ0) is 21.6. The van der Waals surface area contributed by atoms with Crippen LogP contribution < -0.4 is 15.6 Å². The molecule has 1 aromatic carbocycles. The van der Waals surface area contributed by atoms with Crippen LogP contribution in [0.25, 0.3) is 16.7 Å². The van der Waals surface area contributed by atoms with E-state index in [2.05, 4.69) is 15.0 Å². The van der Waals surface area contributed by atoms with Crippen LogP contribution in [0.3, 0.4) is 0 Å². The average Bonchev–Trinajstić information content (AvgIpc) is 3.01. The lowest BCUT2D eigenvalue weighted by Gasteiger charge is -2.10. The highest BCUT2D eigenvalue weighted by atomic mass is 19.4. The van der Waals surface area contributed by atoms with Crippen molar-refractivity contribution in [1.82, 2.24) is 14.0 Å². The Morgan fingerprint density at radius 2 is 1.83 bits per heavy atom. The number of nitrogens with one attached hydrogen (secondary N) is 1. The van der Waals surface area contributed by atoms with E-state index in [9.17, 15) is 22.8 Å². The number of fused-ring (bicyclic) bond motifs is 2. The summed E-state index contributed by atoms with van der Waals surface area (Å²) in [6.45, 7) is 1.83. The lowest BCUT2D eigenvalue weighted by molar-refractivity contribution is -0.274. The molecule has 0 spiro atoms. The largest absolute Gasteiger partial charge is 0.573 e. The van der Waals surface area contributed by atoms with Gasteiger partial charge in [0.15, 0.2) is 0 Å². The van der Waals surface area contributed by atoms with Crippen molar-refractivity contribution in [3.05, 3.63) is 70.3 Å². The molecule has 4 rings (SSSR count). The fraction of sp³-hybridized carbons (Fsp3) is 0.150. The van der Waals surface area contributed by atoms with Gasteiger partial charge in [-0.05, 0) is 48.9 Å². The quantitative estimate of drug-likeness (QED) is 0.553. The number of hydrogen-bond donors (Lipinski definition) is 1. The molecule has 3 heterocycles. The van der Waals surface area contributed by atoms with Gasteiger partial charge in [0.1, 0.15) is 22.7 Å². The summed E-state index contributed by atoms with van der Waals surface area (Å²) in [7, 11) is 1.61. The average molecular weight is 416 g/mol. The van der Waals surface area contributed by atoms with Crippen LogP contribution in [0.2, 0.25) is 0 Å². The summed E-state index contributed by atoms with van der Waals surface area (Å²) in [5.41, 5.74) is 1.80. The van der Waals surface area contributed by atoms with Gasteiger partial charge in [-0.1, -0.05) is 6.07 Å². The van der Waals surface area contributed by atoms with Gasteiger partial charge in [-0.2, -0.15) is 0 Å². The zero-order valence-electron chi connectivity index (χ0n) is 15.8. The molecule has 0 radical (unpaired) electrons. The number of benzene rings is 1. The SMILES string of the molecule is Cc1cccn2c(=O)c3cc(C(=O)Nc4ccc(OC(F)(F)F)cc4)n(C)c3nc12. The van der Waals surface area contributed by atoms with Crippen LogP contribution in [0, 0.1) is 6.92 Å². The van der Waals surface area contributed by atoms with Crippen LogP contribution in [0.4, 0.5) is 18.9 Å². The lowest BCUT2D eigenvalue weighted by Crippen LogP contribution is -2.17. The minimum Gasteiger partial charge on any atom is -0.406 e. The summed E-state index contributed by atoms with van der Waals surface area (Å²) in [6, 6.07) is 9.76. The Bertz CT molecular complexity index is 1340. The Morgan fingerprint density at radius 3 is 2.50 bits per heavy atom. The monoisotopic (exact) mass is 416 g/mol. The van der Waals surface area contributed by atoms with Gasteiger partial charge in [0.05, 0.1) is 5.39 Å². The molecule has 30 heavy (non-hydrogen) atoms. The van der Waals surface area contributed by atoms with E-state index in [4.69, 9.17) is 0 Å². The van der Waals surface area contributed by atoms with E-state index >= 15 is 0 Å². The third kappa shape index (κ3) is 3.47. The maximum atomic E-state index is 12.8. The highest BCUT2D eigenvalue weighted by Gasteiger charge is 2.31. The molecule has 0 atom stereocenters. The molecule has 7 nitrogen and oxygen atoms in total. The highest BCUT2D eigenvalue weighted by Crippen LogP contribution is 2.24. The first-order chi connectivity index (χ1) is 14.1. The fourth-order valence-corrected chi connectivity index (χ4v) is 3.18. The third-order valence-corrected chi connectivity index (χ3v) is 4.60. The third-order valence-electron chi connectivity index (χ3n) is 4.60. The number of hydrogen-bond acceptors (Lipinski definition) is 4. The molecule has 0 aliphatic rings. The molecule has 10 heteroatoms. The molecule has 1 N–H and O–H groups in total. The number of halogens is 3. The van der Waals surface area contributed by atoms with E-state index in [1.165, 1.54) is 27.2 Å². The van der Waals surface area contributed by atoms with Gasteiger partial charge in [-0.3, -0.25) is 14.0 Å². The first-order valence-corrected chi connectivity index (χ1v) is 8.78. The smallest absolute Gasteiger partial charge is 0.406 e. The molecule has 1 amide bonds. The number of aromatic nitrogens is 3. The minimum atomic E-state index is -4.79. The Kier molecular flexibility index (Phi) is 4.49. The number of anilines is 1. The first kappa shape index (κ1) is 19.5. The fourth-order valence-electron chi connectivity index (χ4n) is 3.18. The van der Waals surface area contributed by atoms with Gasteiger partial charge in [-0.25, -0.2) is 4.98 Å². The van der Waals surface area contributed by atoms with Crippen molar-refractivity contribution in [2.75, 3.05) is 5.32 Å². The van der Waals surface area contributed by atoms with E-state index in [-0.39, 0.29) is 22.3 Å². The molecule has 4 aromatic rings. The minimum absolute atomic E-state index is 0.179. The summed E-state index contributed by atoms with van der Waals surface area (Å²) in [6.07, 6.45) is -3.19. The van der Waals surface area contributed by atoms with Gasteiger partial charge in [-0.15, -0.1) is 13.2 Å². The summed E-state index contributed by atoms with van der Waals surface area (Å²) < 4.78 is 43.5. The molecule has 154 valence electrons. The topological polar surface area (TPSA) is 77.6 Å². The lowest BCUT2D eigenvalue weighted by atomic mass is 10.2. The van der Waals surface area contributed by atoms with Gasteiger partial charge in [0.25, 0.3) is 11.5 Å². The zero-order valence-corrected chi connectivity index (χ0v) is 15.8. The maximum absolute atomic E-state index is 12.8. The van der Waals surface area contributed by atoms with Gasteiger partial charge in [0, 0.05) is 18.9 Å². The van der Waals surface area contributed by atoms with Crippen LogP contribution in [0.15, 0.2) is 53.5 Å². The molecule has 0 saturated carbocycles. The summed E-state index contributed by atoms with van der Waals surface area (Å²) in [5.74, 6) is -0.936. The normalized spacial score (nSPS) is 11.8. The Morgan fingerprint density at radius 1 is 1.13 bits per heavy atom. The van der Waals surface area contributed by atoms with Crippen LogP contribution in [-0.4, -0.2) is 26.2 Å². The molecule has 0 aliphatic heterocycles. The standard InChI is InChI=1S/C20H15F3N4O3/c1-11-4-3-9-27-16(11)25-17-14(19(27)29)10-15(26(17)2)18(28)24-12-5-7-13(8-6-12)30-20(21,22)23/h3-10H,1-2H3,(H,24,28). The van der Waals surface area contributed by atoms with E-state index < -0.39 is 18.0 Å². The molecule has 0 bridgehead atoms. The van der Waals surface area contributed by atoms with Crippen molar-refractivity contribution < 1.29 is 22.7 Å². The molecule has 0 unspecified atom stereocenters. The van der Waals surface area contributed by atoms with Crippen LogP contribution in [0.5, 0.6) is 5.75 Å². The van der Waals surface area contributed by atoms with Gasteiger partial charge in [0.2, 0.25) is 0 Å². The molecule has 0 aliphatic carbocycles. The second-order valence-electron chi connectivity index (χ2n) is 6.65. The summed E-state index contributed by atoms with van der Waals surface area (Å²) in [5, 5.41) is 2.87. The Labute approximate surface area is 167 Å². The summed E-state index contributed by atoms with van der Waals surface area (Å²) >= 11 is 0. The van der Waals surface area contributed by atoms with E-state index in [1.807, 2.05) is 13.0 Å². The van der Waals surface area contributed by atoms with E-state index in [0.29, 0.717) is 11.3 Å². The highest BCUT2D eigenvalue weighted by molar-refractivity contribution is 6.06. The molecule has 0 fully saturated rings. The number of carbonyl (C=O) groups is 1. The second kappa shape index (κ2) is 6.90. The number of alkyl halides is 3. The van der Waals surface area contributed by atoms with Gasteiger partial charge < -0.3 is 14.6 Å². The number of pyridine rings is 1. The number of carbonyl (C=O) groups excluding carboxylic acids is 1. The van der Waals surface area contributed by atoms with Crippen molar-refractivity contribution >= 4 is 28.3 Å².